The summed E-state index contributed by atoms with van der Waals surface area (Å²) in [4.78, 5) is 0. The van der Waals surface area contributed by atoms with E-state index in [9.17, 15) is 0 Å². The molecule has 1 aromatic heterocycles. The predicted molar refractivity (Wildman–Crippen MR) is 190 cm³/mol. The molecule has 0 amide bonds. The molecule has 2 aliphatic carbocycles. The molecule has 44 heavy (non-hydrogen) atoms. The zero-order chi connectivity index (χ0) is 30.1. The zero-order valence-electron chi connectivity index (χ0n) is 24.3. The Labute approximate surface area is 280 Å². The summed E-state index contributed by atoms with van der Waals surface area (Å²) in [6.45, 7) is 9.24. The van der Waals surface area contributed by atoms with Crippen LogP contribution in [0.3, 0.4) is 0 Å². The van der Waals surface area contributed by atoms with Crippen LogP contribution in [0, 0.1) is 0 Å². The van der Waals surface area contributed by atoms with E-state index in [4.69, 9.17) is 17.5 Å². The SMILES string of the molecule is CC1(C)c2cc(Br)ccc2-c2ccc(-c3c4c(c(-c5ccc6c(c5)C(C)(C)c5cc(Br)ccc5-6)c5nsnc35)N=S=N4)cc21. The van der Waals surface area contributed by atoms with Gasteiger partial charge in [0.25, 0.3) is 0 Å². The molecular formula is C36H24Br2N4S2. The van der Waals surface area contributed by atoms with Crippen LogP contribution in [0.4, 0.5) is 11.4 Å². The second-order valence-electron chi connectivity index (χ2n) is 12.8. The van der Waals surface area contributed by atoms with Gasteiger partial charge in [0, 0.05) is 30.9 Å². The zero-order valence-corrected chi connectivity index (χ0v) is 29.1. The molecule has 0 bridgehead atoms. The van der Waals surface area contributed by atoms with Gasteiger partial charge in [0.15, 0.2) is 0 Å². The molecule has 6 aromatic rings. The minimum atomic E-state index is -0.131. The summed E-state index contributed by atoms with van der Waals surface area (Å²) < 4.78 is 21.8. The van der Waals surface area contributed by atoms with Gasteiger partial charge in [-0.2, -0.15) is 17.5 Å². The Hall–Kier alpha value is -3.30. The molecule has 0 saturated heterocycles. The Bertz CT molecular complexity index is 2200. The maximum absolute atomic E-state index is 4.89. The van der Waals surface area contributed by atoms with Crippen LogP contribution in [-0.4, -0.2) is 8.75 Å². The quantitative estimate of drug-likeness (QED) is 0.177. The van der Waals surface area contributed by atoms with Crippen molar-refractivity contribution in [2.24, 2.45) is 8.73 Å². The smallest absolute Gasteiger partial charge is 0.115 e. The molecular weight excluding hydrogens is 712 g/mol. The lowest BCUT2D eigenvalue weighted by Gasteiger charge is -2.23. The van der Waals surface area contributed by atoms with Crippen LogP contribution in [0.15, 0.2) is 90.5 Å². The molecule has 0 radical (unpaired) electrons. The number of rotatable bonds is 2. The highest BCUT2D eigenvalue weighted by Crippen LogP contribution is 2.56. The largest absolute Gasteiger partial charge is 0.172 e. The number of fused-ring (bicyclic) bond motifs is 8. The summed E-state index contributed by atoms with van der Waals surface area (Å²) in [7, 11) is 0. The molecule has 0 atom stereocenters. The third-order valence-corrected chi connectivity index (χ3v) is 11.8. The molecule has 0 unspecified atom stereocenters. The number of aromatic nitrogens is 2. The van der Waals surface area contributed by atoms with E-state index in [1.165, 1.54) is 67.6 Å². The minimum Gasteiger partial charge on any atom is -0.172 e. The first-order chi connectivity index (χ1) is 21.1. The lowest BCUT2D eigenvalue weighted by Crippen LogP contribution is -2.15. The van der Waals surface area contributed by atoms with Gasteiger partial charge in [-0.1, -0.05) is 96.0 Å². The van der Waals surface area contributed by atoms with Crippen molar-refractivity contribution in [2.45, 2.75) is 38.5 Å². The first-order valence-corrected chi connectivity index (χ1v) is 17.5. The van der Waals surface area contributed by atoms with Gasteiger partial charge in [-0.15, -0.1) is 0 Å². The first kappa shape index (κ1) is 27.0. The van der Waals surface area contributed by atoms with Gasteiger partial charge >= 0.3 is 0 Å². The Kier molecular flexibility index (Phi) is 5.61. The van der Waals surface area contributed by atoms with Crippen molar-refractivity contribution in [3.63, 3.8) is 0 Å². The van der Waals surface area contributed by atoms with Crippen molar-refractivity contribution in [1.82, 2.24) is 8.75 Å². The predicted octanol–water partition coefficient (Wildman–Crippen LogP) is 11.9. The van der Waals surface area contributed by atoms with Crippen LogP contribution >= 0.6 is 43.6 Å². The topological polar surface area (TPSA) is 50.5 Å². The monoisotopic (exact) mass is 734 g/mol. The first-order valence-electron chi connectivity index (χ1n) is 14.5. The fourth-order valence-corrected chi connectivity index (χ4v) is 9.38. The van der Waals surface area contributed by atoms with Crippen molar-refractivity contribution in [3.05, 3.63) is 104 Å². The summed E-state index contributed by atoms with van der Waals surface area (Å²) >= 11 is 9.88. The van der Waals surface area contributed by atoms with Crippen molar-refractivity contribution < 1.29 is 0 Å². The third-order valence-electron chi connectivity index (χ3n) is 9.78. The molecule has 0 spiro atoms. The van der Waals surface area contributed by atoms with Crippen LogP contribution in [0.1, 0.15) is 49.9 Å². The molecule has 9 rings (SSSR count). The molecule has 8 heteroatoms. The normalized spacial score (nSPS) is 16.0. The van der Waals surface area contributed by atoms with Gasteiger partial charge in [-0.25, -0.2) is 0 Å². The van der Waals surface area contributed by atoms with Crippen molar-refractivity contribution in [1.29, 1.82) is 0 Å². The van der Waals surface area contributed by atoms with Crippen LogP contribution in [0.5, 0.6) is 0 Å². The number of halogens is 2. The highest BCUT2D eigenvalue weighted by Gasteiger charge is 2.38. The van der Waals surface area contributed by atoms with E-state index >= 15 is 0 Å². The number of nitrogens with zero attached hydrogens (tertiary/aromatic N) is 4. The summed E-state index contributed by atoms with van der Waals surface area (Å²) in [6, 6.07) is 26.8. The van der Waals surface area contributed by atoms with Crippen LogP contribution < -0.4 is 0 Å². The molecule has 1 aliphatic heterocycles. The third kappa shape index (κ3) is 3.54. The van der Waals surface area contributed by atoms with E-state index in [2.05, 4.69) is 132 Å². The van der Waals surface area contributed by atoms with Crippen LogP contribution in [-0.2, 0) is 22.2 Å². The van der Waals surface area contributed by atoms with E-state index in [1.54, 1.807) is 0 Å². The Morgan fingerprint density at radius 1 is 0.523 bits per heavy atom. The summed E-state index contributed by atoms with van der Waals surface area (Å²) in [6.07, 6.45) is 0. The minimum absolute atomic E-state index is 0.131. The molecule has 0 fully saturated rings. The number of benzene rings is 5. The van der Waals surface area contributed by atoms with Gasteiger partial charge in [-0.05, 0) is 92.0 Å². The Morgan fingerprint density at radius 3 is 1.34 bits per heavy atom. The van der Waals surface area contributed by atoms with Gasteiger partial charge in [0.2, 0.25) is 0 Å². The van der Waals surface area contributed by atoms with Crippen molar-refractivity contribution in [2.75, 3.05) is 0 Å². The molecule has 4 nitrogen and oxygen atoms in total. The molecule has 0 N–H and O–H groups in total. The Balaban J connectivity index is 1.24. The second-order valence-corrected chi connectivity index (χ2v) is 15.7. The van der Waals surface area contributed by atoms with Gasteiger partial charge < -0.3 is 0 Å². The molecule has 214 valence electrons. The second kappa shape index (κ2) is 9.13. The highest BCUT2D eigenvalue weighted by molar-refractivity contribution is 9.10. The summed E-state index contributed by atoms with van der Waals surface area (Å²) in [5.74, 6) is 0. The highest BCUT2D eigenvalue weighted by atomic mass is 79.9. The summed E-state index contributed by atoms with van der Waals surface area (Å²) in [5, 5.41) is 0. The lowest BCUT2D eigenvalue weighted by atomic mass is 9.81. The maximum atomic E-state index is 4.89. The fraction of sp³-hybridized carbons (Fsp3) is 0.167. The van der Waals surface area contributed by atoms with E-state index in [0.717, 1.165) is 53.6 Å². The molecule has 3 aliphatic rings. The van der Waals surface area contributed by atoms with Crippen molar-refractivity contribution in [3.8, 4) is 44.5 Å². The van der Waals surface area contributed by atoms with Gasteiger partial charge in [0.1, 0.15) is 22.4 Å². The summed E-state index contributed by atoms with van der Waals surface area (Å²) in [5.41, 5.74) is 17.9. The average Bonchev–Trinajstić information content (AvgIpc) is 3.77. The van der Waals surface area contributed by atoms with Crippen LogP contribution in [0.2, 0.25) is 0 Å². The fourth-order valence-electron chi connectivity index (χ4n) is 7.53. The number of hydrogen-bond donors (Lipinski definition) is 0. The van der Waals surface area contributed by atoms with E-state index in [-0.39, 0.29) is 10.8 Å². The average molecular weight is 737 g/mol. The maximum Gasteiger partial charge on any atom is 0.115 e. The molecule has 2 heterocycles. The lowest BCUT2D eigenvalue weighted by molar-refractivity contribution is 0.660. The van der Waals surface area contributed by atoms with E-state index < -0.39 is 0 Å². The Morgan fingerprint density at radius 2 is 0.909 bits per heavy atom. The number of hydrogen-bond acceptors (Lipinski definition) is 5. The standard InChI is InChI=1S/C36H24Br2N4S2/c1-35(2)25-13-17(5-9-21(25)23-11-7-19(37)15-27(23)35)29-31-33(41-43-39-31)30(34-32(29)40-44-42-34)18-6-10-22-24-12-8-20(38)16-28(24)36(3,4)26(22)14-18/h5-16H,1-4H3. The van der Waals surface area contributed by atoms with Gasteiger partial charge in [0.05, 0.1) is 23.1 Å². The molecule has 5 aromatic carbocycles. The van der Waals surface area contributed by atoms with E-state index in [0.29, 0.717) is 0 Å². The van der Waals surface area contributed by atoms with E-state index in [1.807, 2.05) is 0 Å². The van der Waals surface area contributed by atoms with Crippen LogP contribution in [0.25, 0.3) is 55.5 Å². The van der Waals surface area contributed by atoms with Gasteiger partial charge in [-0.3, -0.25) is 0 Å². The van der Waals surface area contributed by atoms with Crippen molar-refractivity contribution >= 4 is 77.4 Å². The molecule has 0 saturated carbocycles.